The molecule has 0 saturated heterocycles. The van der Waals surface area contributed by atoms with E-state index in [9.17, 15) is 13.2 Å². The van der Waals surface area contributed by atoms with Crippen LogP contribution in [0.5, 0.6) is 0 Å². The lowest BCUT2D eigenvalue weighted by molar-refractivity contribution is -0.141. The van der Waals surface area contributed by atoms with E-state index in [0.717, 1.165) is 25.0 Å². The molecular formula is C13H16F3N3. The summed E-state index contributed by atoms with van der Waals surface area (Å²) in [6.45, 7) is 4.65. The van der Waals surface area contributed by atoms with Crippen LogP contribution in [-0.2, 0) is 6.18 Å². The molecule has 3 nitrogen and oxygen atoms in total. The first kappa shape index (κ1) is 15.3. The predicted molar refractivity (Wildman–Crippen MR) is 66.5 cm³/mol. The number of nitrogens with zero attached hydrogens (tertiary/aromatic N) is 2. The normalized spacial score (nSPS) is 11.4. The van der Waals surface area contributed by atoms with Crippen molar-refractivity contribution >= 4 is 5.82 Å². The topological polar surface area (TPSA) is 48.7 Å². The maximum absolute atomic E-state index is 12.5. The van der Waals surface area contributed by atoms with Gasteiger partial charge >= 0.3 is 6.18 Å². The van der Waals surface area contributed by atoms with Crippen molar-refractivity contribution < 1.29 is 13.2 Å². The Balaban J connectivity index is 2.77. The summed E-state index contributed by atoms with van der Waals surface area (Å²) in [5.74, 6) is 0.535. The zero-order valence-electron chi connectivity index (χ0n) is 10.9. The third kappa shape index (κ3) is 4.78. The summed E-state index contributed by atoms with van der Waals surface area (Å²) in [7, 11) is 0. The van der Waals surface area contributed by atoms with Gasteiger partial charge in [0.2, 0.25) is 0 Å². The molecule has 0 unspecified atom stereocenters. The van der Waals surface area contributed by atoms with Gasteiger partial charge in [0, 0.05) is 6.54 Å². The van der Waals surface area contributed by atoms with Crippen LogP contribution >= 0.6 is 0 Å². The summed E-state index contributed by atoms with van der Waals surface area (Å²) < 4.78 is 37.6. The SMILES string of the molecule is CC(C)CCCNc1nc(C(F)(F)F)ccc1C#N. The molecule has 0 amide bonds. The summed E-state index contributed by atoms with van der Waals surface area (Å²) in [6.07, 6.45) is -2.71. The van der Waals surface area contributed by atoms with E-state index in [4.69, 9.17) is 5.26 Å². The highest BCUT2D eigenvalue weighted by molar-refractivity contribution is 5.52. The minimum absolute atomic E-state index is 0.00100. The van der Waals surface area contributed by atoms with Crippen LogP contribution in [-0.4, -0.2) is 11.5 Å². The Labute approximate surface area is 110 Å². The van der Waals surface area contributed by atoms with Gasteiger partial charge in [0.15, 0.2) is 0 Å². The van der Waals surface area contributed by atoms with Crippen LogP contribution in [0.4, 0.5) is 19.0 Å². The molecule has 1 aromatic heterocycles. The molecule has 0 aliphatic carbocycles. The summed E-state index contributed by atoms with van der Waals surface area (Å²) in [5.41, 5.74) is -0.865. The summed E-state index contributed by atoms with van der Waals surface area (Å²) in [6, 6.07) is 3.79. The van der Waals surface area contributed by atoms with Gasteiger partial charge in [0.05, 0.1) is 5.56 Å². The summed E-state index contributed by atoms with van der Waals surface area (Å²) >= 11 is 0. The van der Waals surface area contributed by atoms with Gasteiger partial charge in [0.25, 0.3) is 0 Å². The lowest BCUT2D eigenvalue weighted by Crippen LogP contribution is -2.12. The van der Waals surface area contributed by atoms with Gasteiger partial charge < -0.3 is 5.32 Å². The van der Waals surface area contributed by atoms with Crippen LogP contribution in [0, 0.1) is 17.2 Å². The Hall–Kier alpha value is -1.77. The average Bonchev–Trinajstić information content (AvgIpc) is 2.33. The largest absolute Gasteiger partial charge is 0.433 e. The molecule has 0 saturated carbocycles. The van der Waals surface area contributed by atoms with Crippen molar-refractivity contribution in [1.82, 2.24) is 4.98 Å². The molecule has 104 valence electrons. The highest BCUT2D eigenvalue weighted by Gasteiger charge is 2.33. The third-order valence-electron chi connectivity index (χ3n) is 2.56. The highest BCUT2D eigenvalue weighted by Crippen LogP contribution is 2.29. The molecule has 0 radical (unpaired) electrons. The second kappa shape index (κ2) is 6.41. The van der Waals surface area contributed by atoms with E-state index in [1.165, 1.54) is 0 Å². The number of hydrogen-bond acceptors (Lipinski definition) is 3. The maximum atomic E-state index is 12.5. The number of halogens is 3. The van der Waals surface area contributed by atoms with Gasteiger partial charge in [0.1, 0.15) is 17.6 Å². The number of hydrogen-bond donors (Lipinski definition) is 1. The molecule has 1 rings (SSSR count). The summed E-state index contributed by atoms with van der Waals surface area (Å²) in [5, 5.41) is 11.6. The Bertz CT molecular complexity index is 461. The van der Waals surface area contributed by atoms with E-state index < -0.39 is 11.9 Å². The molecule has 1 heterocycles. The minimum Gasteiger partial charge on any atom is -0.369 e. The molecule has 0 fully saturated rings. The molecule has 6 heteroatoms. The quantitative estimate of drug-likeness (QED) is 0.828. The van der Waals surface area contributed by atoms with Crippen LogP contribution < -0.4 is 5.32 Å². The van der Waals surface area contributed by atoms with E-state index in [1.54, 1.807) is 0 Å². The number of nitriles is 1. The van der Waals surface area contributed by atoms with Crippen molar-refractivity contribution in [2.24, 2.45) is 5.92 Å². The van der Waals surface area contributed by atoms with Crippen LogP contribution in [0.3, 0.4) is 0 Å². The van der Waals surface area contributed by atoms with E-state index in [-0.39, 0.29) is 11.4 Å². The Morgan fingerprint density at radius 3 is 2.58 bits per heavy atom. The van der Waals surface area contributed by atoms with Gasteiger partial charge in [-0.2, -0.15) is 18.4 Å². The maximum Gasteiger partial charge on any atom is 0.433 e. The Morgan fingerprint density at radius 1 is 1.37 bits per heavy atom. The van der Waals surface area contributed by atoms with Crippen molar-refractivity contribution in [1.29, 1.82) is 5.26 Å². The monoisotopic (exact) mass is 271 g/mol. The molecule has 0 aliphatic rings. The lowest BCUT2D eigenvalue weighted by Gasteiger charge is -2.11. The molecule has 0 bridgehead atoms. The van der Waals surface area contributed by atoms with E-state index >= 15 is 0 Å². The molecule has 0 aromatic carbocycles. The number of anilines is 1. The Morgan fingerprint density at radius 2 is 2.05 bits per heavy atom. The first-order valence-electron chi connectivity index (χ1n) is 6.06. The Kier molecular flexibility index (Phi) is 5.16. The zero-order valence-corrected chi connectivity index (χ0v) is 10.9. The van der Waals surface area contributed by atoms with E-state index in [1.807, 2.05) is 6.07 Å². The second-order valence-electron chi connectivity index (χ2n) is 4.67. The highest BCUT2D eigenvalue weighted by atomic mass is 19.4. The van der Waals surface area contributed by atoms with Crippen LogP contribution in [0.15, 0.2) is 12.1 Å². The van der Waals surface area contributed by atoms with Gasteiger partial charge in [-0.1, -0.05) is 13.8 Å². The van der Waals surface area contributed by atoms with Gasteiger partial charge in [-0.15, -0.1) is 0 Å². The second-order valence-corrected chi connectivity index (χ2v) is 4.67. The fraction of sp³-hybridized carbons (Fsp3) is 0.538. The molecular weight excluding hydrogens is 255 g/mol. The van der Waals surface area contributed by atoms with Crippen molar-refractivity contribution in [2.45, 2.75) is 32.9 Å². The van der Waals surface area contributed by atoms with Crippen molar-refractivity contribution in [3.63, 3.8) is 0 Å². The van der Waals surface area contributed by atoms with Crippen LogP contribution in [0.1, 0.15) is 37.9 Å². The van der Waals surface area contributed by atoms with Crippen molar-refractivity contribution in [3.05, 3.63) is 23.4 Å². The third-order valence-corrected chi connectivity index (χ3v) is 2.56. The first-order valence-corrected chi connectivity index (χ1v) is 6.06. The van der Waals surface area contributed by atoms with Gasteiger partial charge in [-0.25, -0.2) is 4.98 Å². The van der Waals surface area contributed by atoms with E-state index in [2.05, 4.69) is 24.1 Å². The number of rotatable bonds is 5. The van der Waals surface area contributed by atoms with Crippen molar-refractivity contribution in [3.8, 4) is 6.07 Å². The molecule has 0 aliphatic heterocycles. The lowest BCUT2D eigenvalue weighted by atomic mass is 10.1. The minimum atomic E-state index is -4.50. The standard InChI is InChI=1S/C13H16F3N3/c1-9(2)4-3-7-18-12-10(8-17)5-6-11(19-12)13(14,15)16/h5-6,9H,3-4,7H2,1-2H3,(H,18,19). The van der Waals surface area contributed by atoms with Crippen LogP contribution in [0.25, 0.3) is 0 Å². The van der Waals surface area contributed by atoms with Gasteiger partial charge in [-0.3, -0.25) is 0 Å². The number of nitrogens with one attached hydrogen (secondary N) is 1. The summed E-state index contributed by atoms with van der Waals surface area (Å²) in [4.78, 5) is 3.47. The van der Waals surface area contributed by atoms with Crippen molar-refractivity contribution in [2.75, 3.05) is 11.9 Å². The number of alkyl halides is 3. The van der Waals surface area contributed by atoms with E-state index in [0.29, 0.717) is 12.5 Å². The van der Waals surface area contributed by atoms with Gasteiger partial charge in [-0.05, 0) is 30.9 Å². The molecule has 1 N–H and O–H groups in total. The number of aromatic nitrogens is 1. The predicted octanol–water partition coefficient (Wildman–Crippen LogP) is 3.82. The molecule has 1 aromatic rings. The molecule has 0 spiro atoms. The fourth-order valence-electron chi connectivity index (χ4n) is 1.56. The smallest absolute Gasteiger partial charge is 0.369 e. The molecule has 0 atom stereocenters. The fourth-order valence-corrected chi connectivity index (χ4v) is 1.56. The first-order chi connectivity index (χ1) is 8.84. The zero-order chi connectivity index (χ0) is 14.5. The van der Waals surface area contributed by atoms with Crippen LogP contribution in [0.2, 0.25) is 0 Å². The number of pyridine rings is 1. The average molecular weight is 271 g/mol. The molecule has 19 heavy (non-hydrogen) atoms.